The van der Waals surface area contributed by atoms with E-state index in [1.807, 2.05) is 0 Å². The van der Waals surface area contributed by atoms with Gasteiger partial charge in [0.1, 0.15) is 6.04 Å². The molecule has 0 aliphatic rings. The minimum absolute atomic E-state index is 0.0221. The number of nitrogens with zero attached hydrogens (tertiary/aromatic N) is 1. The van der Waals surface area contributed by atoms with Crippen molar-refractivity contribution in [2.45, 2.75) is 26.3 Å². The van der Waals surface area contributed by atoms with Crippen molar-refractivity contribution in [2.75, 3.05) is 14.1 Å². The fraction of sp³-hybridized carbons (Fsp3) is 0.750. The largest absolute Gasteiger partial charge is 0.357 e. The second kappa shape index (κ2) is 4.74. The van der Waals surface area contributed by atoms with E-state index in [4.69, 9.17) is 0 Å². The molecule has 0 saturated heterocycles. The highest BCUT2D eigenvalue weighted by Crippen LogP contribution is 1.98. The van der Waals surface area contributed by atoms with Gasteiger partial charge in [-0.25, -0.2) is 0 Å². The molecule has 2 amide bonds. The van der Waals surface area contributed by atoms with Gasteiger partial charge in [0.15, 0.2) is 0 Å². The van der Waals surface area contributed by atoms with Gasteiger partial charge in [-0.2, -0.15) is 0 Å². The van der Waals surface area contributed by atoms with Gasteiger partial charge in [0.25, 0.3) is 0 Å². The average Bonchev–Trinajstić information content (AvgIpc) is 2.12. The first-order valence-corrected chi connectivity index (χ1v) is 4.01. The molecule has 0 aliphatic heterocycles. The summed E-state index contributed by atoms with van der Waals surface area (Å²) >= 11 is 0. The lowest BCUT2D eigenvalue weighted by atomic mass is 10.2. The number of hydrogen-bond donors (Lipinski definition) is 1. The molecule has 0 rings (SSSR count). The molecule has 0 heterocycles. The second-order valence-electron chi connectivity index (χ2n) is 2.65. The molecule has 0 aromatic rings. The van der Waals surface area contributed by atoms with Crippen molar-refractivity contribution in [2.24, 2.45) is 0 Å². The Kier molecular flexibility index (Phi) is 4.33. The summed E-state index contributed by atoms with van der Waals surface area (Å²) in [5.41, 5.74) is 0. The maximum Gasteiger partial charge on any atom is 0.242 e. The minimum atomic E-state index is -0.387. The Labute approximate surface area is 72.9 Å². The first-order valence-electron chi connectivity index (χ1n) is 4.01. The molecule has 0 unspecified atom stereocenters. The van der Waals surface area contributed by atoms with E-state index in [2.05, 4.69) is 5.32 Å². The maximum absolute atomic E-state index is 11.1. The van der Waals surface area contributed by atoms with E-state index in [0.717, 1.165) is 0 Å². The van der Waals surface area contributed by atoms with Gasteiger partial charge < -0.3 is 10.2 Å². The van der Waals surface area contributed by atoms with Crippen molar-refractivity contribution < 1.29 is 9.59 Å². The molecule has 0 radical (unpaired) electrons. The van der Waals surface area contributed by atoms with Crippen LogP contribution in [0, 0.1) is 0 Å². The summed E-state index contributed by atoms with van der Waals surface area (Å²) in [4.78, 5) is 23.6. The fourth-order valence-corrected chi connectivity index (χ4v) is 0.850. The Morgan fingerprint density at radius 2 is 2.00 bits per heavy atom. The Hall–Kier alpha value is -1.06. The van der Waals surface area contributed by atoms with Crippen LogP contribution in [-0.4, -0.2) is 36.9 Å². The first kappa shape index (κ1) is 10.9. The van der Waals surface area contributed by atoms with Crippen molar-refractivity contribution in [1.29, 1.82) is 0 Å². The van der Waals surface area contributed by atoms with Crippen LogP contribution in [0.5, 0.6) is 0 Å². The van der Waals surface area contributed by atoms with Crippen LogP contribution in [0.2, 0.25) is 0 Å². The van der Waals surface area contributed by atoms with E-state index in [9.17, 15) is 9.59 Å². The molecule has 12 heavy (non-hydrogen) atoms. The smallest absolute Gasteiger partial charge is 0.242 e. The van der Waals surface area contributed by atoms with Crippen LogP contribution in [0.1, 0.15) is 20.3 Å². The molecule has 0 fully saturated rings. The van der Waals surface area contributed by atoms with Gasteiger partial charge >= 0.3 is 0 Å². The normalized spacial score (nSPS) is 12.0. The van der Waals surface area contributed by atoms with Crippen LogP contribution in [0.15, 0.2) is 0 Å². The van der Waals surface area contributed by atoms with Crippen LogP contribution in [0.3, 0.4) is 0 Å². The zero-order chi connectivity index (χ0) is 9.72. The molecule has 0 spiro atoms. The third-order valence-electron chi connectivity index (χ3n) is 1.90. The van der Waals surface area contributed by atoms with Gasteiger partial charge in [-0.15, -0.1) is 0 Å². The van der Waals surface area contributed by atoms with Crippen molar-refractivity contribution in [3.05, 3.63) is 0 Å². The van der Waals surface area contributed by atoms with Gasteiger partial charge in [0, 0.05) is 20.5 Å². The lowest BCUT2D eigenvalue weighted by Gasteiger charge is -2.22. The molecule has 1 N–H and O–H groups in total. The van der Waals surface area contributed by atoms with E-state index < -0.39 is 0 Å². The lowest BCUT2D eigenvalue weighted by Crippen LogP contribution is -2.44. The molecule has 70 valence electrons. The Balaban J connectivity index is 4.18. The number of amides is 2. The van der Waals surface area contributed by atoms with E-state index in [1.54, 1.807) is 27.9 Å². The summed E-state index contributed by atoms with van der Waals surface area (Å²) in [6.45, 7) is 3.47. The van der Waals surface area contributed by atoms with Gasteiger partial charge in [0.05, 0.1) is 0 Å². The topological polar surface area (TPSA) is 49.4 Å². The van der Waals surface area contributed by atoms with Gasteiger partial charge in [-0.1, -0.05) is 6.92 Å². The monoisotopic (exact) mass is 172 g/mol. The molecule has 0 saturated carbocycles. The summed E-state index contributed by atoms with van der Waals surface area (Å²) < 4.78 is 0. The second-order valence-corrected chi connectivity index (χ2v) is 2.65. The molecule has 0 bridgehead atoms. The first-order chi connectivity index (χ1) is 5.54. The third kappa shape index (κ3) is 2.53. The molecule has 0 aliphatic carbocycles. The van der Waals surface area contributed by atoms with Crippen LogP contribution < -0.4 is 5.32 Å². The van der Waals surface area contributed by atoms with Crippen molar-refractivity contribution >= 4 is 11.8 Å². The Morgan fingerprint density at radius 3 is 2.33 bits per heavy atom. The molecule has 4 nitrogen and oxygen atoms in total. The van der Waals surface area contributed by atoms with Crippen LogP contribution in [-0.2, 0) is 9.59 Å². The number of rotatable bonds is 3. The minimum Gasteiger partial charge on any atom is -0.357 e. The van der Waals surface area contributed by atoms with Gasteiger partial charge in [-0.3, -0.25) is 9.59 Å². The molecule has 0 aromatic heterocycles. The predicted molar refractivity (Wildman–Crippen MR) is 46.6 cm³/mol. The summed E-state index contributed by atoms with van der Waals surface area (Å²) in [6.07, 6.45) is 0.428. The third-order valence-corrected chi connectivity index (χ3v) is 1.90. The fourth-order valence-electron chi connectivity index (χ4n) is 0.850. The summed E-state index contributed by atoms with van der Waals surface area (Å²) in [5.74, 6) is -0.162. The highest BCUT2D eigenvalue weighted by molar-refractivity contribution is 5.86. The zero-order valence-corrected chi connectivity index (χ0v) is 8.05. The van der Waals surface area contributed by atoms with E-state index in [0.29, 0.717) is 6.42 Å². The number of carbonyl (C=O) groups excluding carboxylic acids is 2. The zero-order valence-electron chi connectivity index (χ0n) is 8.05. The predicted octanol–water partition coefficient (Wildman–Crippen LogP) is -0.0107. The Morgan fingerprint density at radius 1 is 1.50 bits per heavy atom. The van der Waals surface area contributed by atoms with E-state index in [1.165, 1.54) is 4.90 Å². The molecule has 0 aromatic carbocycles. The summed E-state index contributed by atoms with van der Waals surface area (Å²) in [6, 6.07) is -0.387. The Bertz CT molecular complexity index is 160. The van der Waals surface area contributed by atoms with E-state index >= 15 is 0 Å². The highest BCUT2D eigenvalue weighted by atomic mass is 16.2. The number of nitrogens with one attached hydrogen (secondary N) is 1. The summed E-state index contributed by atoms with van der Waals surface area (Å²) in [5, 5.41) is 2.49. The van der Waals surface area contributed by atoms with Crippen molar-refractivity contribution in [3.63, 3.8) is 0 Å². The standard InChI is InChI=1S/C8H16N2O2/c1-5-7(11)10(4)6(2)8(12)9-3/h6H,5H2,1-4H3,(H,9,12)/t6-/m1/s1. The summed E-state index contributed by atoms with van der Waals surface area (Å²) in [7, 11) is 3.19. The maximum atomic E-state index is 11.1. The van der Waals surface area contributed by atoms with Crippen LogP contribution in [0.25, 0.3) is 0 Å². The molecular formula is C8H16N2O2. The quantitative estimate of drug-likeness (QED) is 0.651. The van der Waals surface area contributed by atoms with E-state index in [-0.39, 0.29) is 17.9 Å². The van der Waals surface area contributed by atoms with Crippen LogP contribution in [0.4, 0.5) is 0 Å². The number of likely N-dealkylation sites (N-methyl/N-ethyl adjacent to an activating group) is 2. The van der Waals surface area contributed by atoms with Gasteiger partial charge in [-0.05, 0) is 6.92 Å². The average molecular weight is 172 g/mol. The number of hydrogen-bond acceptors (Lipinski definition) is 2. The SMILES string of the molecule is CCC(=O)N(C)[C@H](C)C(=O)NC. The molecule has 4 heteroatoms. The number of carbonyl (C=O) groups is 2. The van der Waals surface area contributed by atoms with Crippen molar-refractivity contribution in [1.82, 2.24) is 10.2 Å². The van der Waals surface area contributed by atoms with Crippen molar-refractivity contribution in [3.8, 4) is 0 Å². The molecular weight excluding hydrogens is 156 g/mol. The van der Waals surface area contributed by atoms with Gasteiger partial charge in [0.2, 0.25) is 11.8 Å². The lowest BCUT2D eigenvalue weighted by molar-refractivity contribution is -0.137. The highest BCUT2D eigenvalue weighted by Gasteiger charge is 2.19. The molecule has 1 atom stereocenters. The van der Waals surface area contributed by atoms with Crippen LogP contribution >= 0.6 is 0 Å².